The number of fused-ring (bicyclic) bond motifs is 3. The van der Waals surface area contributed by atoms with Gasteiger partial charge in [0.15, 0.2) is 0 Å². The lowest BCUT2D eigenvalue weighted by Crippen LogP contribution is -2.24. The van der Waals surface area contributed by atoms with E-state index in [9.17, 15) is 14.0 Å². The Morgan fingerprint density at radius 2 is 1.84 bits per heavy atom. The number of esters is 1. The second-order valence-corrected chi connectivity index (χ2v) is 9.62. The van der Waals surface area contributed by atoms with Crippen molar-refractivity contribution in [3.63, 3.8) is 0 Å². The highest BCUT2D eigenvalue weighted by molar-refractivity contribution is 6.01. The predicted molar refractivity (Wildman–Crippen MR) is 141 cm³/mol. The first-order valence-electron chi connectivity index (χ1n) is 12.7. The molecule has 4 aromatic rings. The Kier molecular flexibility index (Phi) is 6.78. The van der Waals surface area contributed by atoms with Gasteiger partial charge in [0.1, 0.15) is 5.82 Å². The summed E-state index contributed by atoms with van der Waals surface area (Å²) in [5.74, 6) is -0.875. The van der Waals surface area contributed by atoms with Gasteiger partial charge in [-0.3, -0.25) is 9.13 Å². The minimum atomic E-state index is -0.441. The monoisotopic (exact) mass is 499 g/mol. The molecule has 0 bridgehead atoms. The SMILES string of the molecule is CCOC(=O)c1c(C(C)C)nc2c(c1-c1ccc(F)cc1)CCCn1c-2cn(Cc2ccccc2)c1=O. The van der Waals surface area contributed by atoms with Gasteiger partial charge in [0, 0.05) is 18.3 Å². The molecule has 0 saturated heterocycles. The first-order chi connectivity index (χ1) is 17.9. The van der Waals surface area contributed by atoms with Crippen molar-refractivity contribution in [2.24, 2.45) is 0 Å². The van der Waals surface area contributed by atoms with Gasteiger partial charge in [-0.05, 0) is 54.5 Å². The molecule has 5 rings (SSSR count). The smallest absolute Gasteiger partial charge is 0.340 e. The van der Waals surface area contributed by atoms with Crippen LogP contribution in [0, 0.1) is 5.82 Å². The molecule has 190 valence electrons. The summed E-state index contributed by atoms with van der Waals surface area (Å²) < 4.78 is 22.8. The van der Waals surface area contributed by atoms with Crippen LogP contribution in [0.1, 0.15) is 60.3 Å². The number of halogens is 1. The van der Waals surface area contributed by atoms with Gasteiger partial charge < -0.3 is 4.74 Å². The molecular weight excluding hydrogens is 469 g/mol. The van der Waals surface area contributed by atoms with Crippen molar-refractivity contribution in [1.29, 1.82) is 0 Å². The molecule has 1 aliphatic heterocycles. The molecule has 1 aliphatic rings. The van der Waals surface area contributed by atoms with E-state index < -0.39 is 5.97 Å². The van der Waals surface area contributed by atoms with Gasteiger partial charge in [0.2, 0.25) is 0 Å². The van der Waals surface area contributed by atoms with Crippen LogP contribution >= 0.6 is 0 Å². The molecule has 37 heavy (non-hydrogen) atoms. The Morgan fingerprint density at radius 1 is 1.11 bits per heavy atom. The third kappa shape index (κ3) is 4.61. The molecule has 7 heteroatoms. The summed E-state index contributed by atoms with van der Waals surface area (Å²) in [5.41, 5.74) is 5.71. The minimum absolute atomic E-state index is 0.0845. The normalized spacial score (nSPS) is 12.7. The highest BCUT2D eigenvalue weighted by Crippen LogP contribution is 2.40. The van der Waals surface area contributed by atoms with Crippen LogP contribution in [0.3, 0.4) is 0 Å². The van der Waals surface area contributed by atoms with E-state index in [1.54, 1.807) is 28.2 Å². The Hall–Kier alpha value is -4.00. The van der Waals surface area contributed by atoms with Gasteiger partial charge in [-0.1, -0.05) is 56.3 Å². The molecule has 0 aliphatic carbocycles. The van der Waals surface area contributed by atoms with E-state index in [4.69, 9.17) is 9.72 Å². The molecule has 0 amide bonds. The van der Waals surface area contributed by atoms with E-state index in [-0.39, 0.29) is 24.0 Å². The molecular formula is C30H30FN3O3. The standard InChI is InChI=1S/C30H30FN3O3/c1-4-37-29(35)26-25(21-12-14-22(31)15-13-21)23-11-8-16-34-24(28(23)32-27(26)19(2)3)18-33(30(34)36)17-20-9-6-5-7-10-20/h5-7,9-10,12-15,18-19H,4,8,11,16-17H2,1-3H3. The number of carbonyl (C=O) groups is 1. The second kappa shape index (κ2) is 10.2. The van der Waals surface area contributed by atoms with Crippen LogP contribution in [0.15, 0.2) is 65.6 Å². The first kappa shape index (κ1) is 24.7. The Labute approximate surface area is 215 Å². The molecule has 0 unspecified atom stereocenters. The van der Waals surface area contributed by atoms with Gasteiger partial charge in [0.05, 0.1) is 35.8 Å². The van der Waals surface area contributed by atoms with E-state index in [0.717, 1.165) is 22.4 Å². The summed E-state index contributed by atoms with van der Waals surface area (Å²) >= 11 is 0. The number of ether oxygens (including phenoxy) is 1. The molecule has 2 aromatic heterocycles. The molecule has 0 fully saturated rings. The zero-order valence-corrected chi connectivity index (χ0v) is 21.3. The highest BCUT2D eigenvalue weighted by Gasteiger charge is 2.31. The van der Waals surface area contributed by atoms with Crippen molar-refractivity contribution >= 4 is 5.97 Å². The van der Waals surface area contributed by atoms with E-state index in [0.29, 0.717) is 48.4 Å². The number of benzene rings is 2. The van der Waals surface area contributed by atoms with Crippen molar-refractivity contribution in [1.82, 2.24) is 14.1 Å². The minimum Gasteiger partial charge on any atom is -0.462 e. The second-order valence-electron chi connectivity index (χ2n) is 9.62. The van der Waals surface area contributed by atoms with Gasteiger partial charge in [-0.15, -0.1) is 0 Å². The van der Waals surface area contributed by atoms with Crippen molar-refractivity contribution in [3.05, 3.63) is 99.5 Å². The maximum absolute atomic E-state index is 13.9. The fourth-order valence-electron chi connectivity index (χ4n) is 5.10. The van der Waals surface area contributed by atoms with Crippen LogP contribution in [0.2, 0.25) is 0 Å². The molecule has 2 aromatic carbocycles. The zero-order valence-electron chi connectivity index (χ0n) is 21.3. The molecule has 3 heterocycles. The van der Waals surface area contributed by atoms with E-state index >= 15 is 0 Å². The van der Waals surface area contributed by atoms with E-state index in [1.165, 1.54) is 12.1 Å². The third-order valence-electron chi connectivity index (χ3n) is 6.78. The average molecular weight is 500 g/mol. The lowest BCUT2D eigenvalue weighted by Gasteiger charge is -2.21. The van der Waals surface area contributed by atoms with Crippen LogP contribution in [0.25, 0.3) is 22.5 Å². The lowest BCUT2D eigenvalue weighted by molar-refractivity contribution is 0.0525. The lowest BCUT2D eigenvalue weighted by atomic mass is 9.87. The molecule has 0 spiro atoms. The van der Waals surface area contributed by atoms with Crippen LogP contribution in [-0.2, 0) is 24.2 Å². The summed E-state index contributed by atoms with van der Waals surface area (Å²) in [4.78, 5) is 31.8. The highest BCUT2D eigenvalue weighted by atomic mass is 19.1. The van der Waals surface area contributed by atoms with Gasteiger partial charge in [-0.2, -0.15) is 0 Å². The van der Waals surface area contributed by atoms with Gasteiger partial charge in [0.25, 0.3) is 0 Å². The first-order valence-corrected chi connectivity index (χ1v) is 12.7. The number of carbonyl (C=O) groups excluding carboxylic acids is 1. The Bertz CT molecular complexity index is 1500. The quantitative estimate of drug-likeness (QED) is 0.314. The number of hydrogen-bond acceptors (Lipinski definition) is 4. The third-order valence-corrected chi connectivity index (χ3v) is 6.78. The zero-order chi connectivity index (χ0) is 26.1. The molecule has 0 N–H and O–H groups in total. The fourth-order valence-corrected chi connectivity index (χ4v) is 5.10. The van der Waals surface area contributed by atoms with Crippen LogP contribution in [0.4, 0.5) is 4.39 Å². The van der Waals surface area contributed by atoms with Crippen molar-refractivity contribution < 1.29 is 13.9 Å². The van der Waals surface area contributed by atoms with Crippen molar-refractivity contribution in [2.75, 3.05) is 6.61 Å². The maximum Gasteiger partial charge on any atom is 0.340 e. The molecule has 0 radical (unpaired) electrons. The van der Waals surface area contributed by atoms with Gasteiger partial charge >= 0.3 is 11.7 Å². The number of pyridine rings is 1. The predicted octanol–water partition coefficient (Wildman–Crippen LogP) is 5.81. The number of aromatic nitrogens is 3. The molecule has 6 nitrogen and oxygen atoms in total. The van der Waals surface area contributed by atoms with E-state index in [1.807, 2.05) is 50.4 Å². The van der Waals surface area contributed by atoms with Crippen molar-refractivity contribution in [2.45, 2.75) is 52.6 Å². The summed E-state index contributed by atoms with van der Waals surface area (Å²) in [6, 6.07) is 16.0. The van der Waals surface area contributed by atoms with Gasteiger partial charge in [-0.25, -0.2) is 19.0 Å². The average Bonchev–Trinajstić information content (AvgIpc) is 3.07. The van der Waals surface area contributed by atoms with Crippen molar-refractivity contribution in [3.8, 4) is 22.5 Å². The van der Waals surface area contributed by atoms with Crippen LogP contribution in [-0.4, -0.2) is 26.7 Å². The Morgan fingerprint density at radius 3 is 2.51 bits per heavy atom. The molecule has 0 atom stereocenters. The number of hydrogen-bond donors (Lipinski definition) is 0. The summed E-state index contributed by atoms with van der Waals surface area (Å²) in [6.45, 7) is 6.97. The number of imidazole rings is 1. The topological polar surface area (TPSA) is 66.1 Å². The van der Waals surface area contributed by atoms with E-state index in [2.05, 4.69) is 0 Å². The van der Waals surface area contributed by atoms with Crippen LogP contribution < -0.4 is 5.69 Å². The Balaban J connectivity index is 1.78. The summed E-state index contributed by atoms with van der Waals surface area (Å²) in [6.07, 6.45) is 3.20. The largest absolute Gasteiger partial charge is 0.462 e. The number of rotatable bonds is 6. The summed E-state index contributed by atoms with van der Waals surface area (Å²) in [7, 11) is 0. The maximum atomic E-state index is 13.9. The number of nitrogens with zero attached hydrogens (tertiary/aromatic N) is 3. The summed E-state index contributed by atoms with van der Waals surface area (Å²) in [5, 5.41) is 0. The van der Waals surface area contributed by atoms with Crippen LogP contribution in [0.5, 0.6) is 0 Å². The fraction of sp³-hybridized carbons (Fsp3) is 0.300. The molecule has 0 saturated carbocycles.